The van der Waals surface area contributed by atoms with Crippen molar-refractivity contribution >= 4 is 8.80 Å². The van der Waals surface area contributed by atoms with E-state index in [1.54, 1.807) is 0 Å². The molecule has 12 heteroatoms. The van der Waals surface area contributed by atoms with Gasteiger partial charge in [-0.3, -0.25) is 0 Å². The fourth-order valence-electron chi connectivity index (χ4n) is 5.57. The smallest absolute Gasteiger partial charge is 0.394 e. The molecule has 0 aromatic rings. The molecule has 0 aliphatic rings. The molecule has 0 aromatic carbocycles. The van der Waals surface area contributed by atoms with Gasteiger partial charge in [0, 0.05) is 12.5 Å². The van der Waals surface area contributed by atoms with Crippen molar-refractivity contribution in [3.8, 4) is 0 Å². The Bertz CT molecular complexity index is 648. The first kappa shape index (κ1) is 47.8. The molecule has 48 heavy (non-hydrogen) atoms. The van der Waals surface area contributed by atoms with Crippen molar-refractivity contribution in [3.05, 3.63) is 0 Å². The lowest BCUT2D eigenvalue weighted by molar-refractivity contribution is -0.890. The van der Waals surface area contributed by atoms with Crippen molar-refractivity contribution in [1.82, 2.24) is 0 Å². The standard InChI is InChI=1S/C36H78NO10Si/c1-4-5-6-7-8-9-10-11-12-13-14-15-16-17-18-19-21-37(2,3)22-20-33-48(40,41)47-32-30-43-29-31-46-36(34-44-26-24-39)35-45-28-27-42-25-23-38/h36,38-41H,4-35H2,1-3H3/q+1. The Morgan fingerprint density at radius 3 is 1.48 bits per heavy atom. The number of unbranched alkanes of at least 4 members (excludes halogenated alkanes) is 15. The zero-order valence-corrected chi connectivity index (χ0v) is 32.4. The van der Waals surface area contributed by atoms with E-state index in [1.807, 2.05) is 0 Å². The van der Waals surface area contributed by atoms with Gasteiger partial charge in [0.2, 0.25) is 0 Å². The molecule has 290 valence electrons. The van der Waals surface area contributed by atoms with Crippen molar-refractivity contribution in [3.63, 3.8) is 0 Å². The molecular weight excluding hydrogens is 634 g/mol. The molecule has 1 unspecified atom stereocenters. The summed E-state index contributed by atoms with van der Waals surface area (Å²) in [7, 11) is 0.740. The van der Waals surface area contributed by atoms with E-state index in [2.05, 4.69) is 21.0 Å². The third kappa shape index (κ3) is 35.6. The van der Waals surface area contributed by atoms with Gasteiger partial charge in [0.1, 0.15) is 6.10 Å². The van der Waals surface area contributed by atoms with Gasteiger partial charge in [-0.1, -0.05) is 96.8 Å². The van der Waals surface area contributed by atoms with Crippen molar-refractivity contribution in [1.29, 1.82) is 0 Å². The first-order chi connectivity index (χ1) is 23.3. The second kappa shape index (κ2) is 35.2. The molecule has 0 aliphatic heterocycles. The Kier molecular flexibility index (Phi) is 35.0. The van der Waals surface area contributed by atoms with E-state index >= 15 is 0 Å². The quantitative estimate of drug-likeness (QED) is 0.0387. The predicted molar refractivity (Wildman–Crippen MR) is 194 cm³/mol. The monoisotopic (exact) mass is 713 g/mol. The summed E-state index contributed by atoms with van der Waals surface area (Å²) < 4.78 is 33.7. The average molecular weight is 713 g/mol. The third-order valence-electron chi connectivity index (χ3n) is 8.48. The predicted octanol–water partition coefficient (Wildman–Crippen LogP) is 5.09. The maximum atomic E-state index is 10.4. The zero-order chi connectivity index (χ0) is 35.4. The molecule has 0 radical (unpaired) electrons. The Balaban J connectivity index is 3.77. The van der Waals surface area contributed by atoms with Gasteiger partial charge in [-0.2, -0.15) is 0 Å². The van der Waals surface area contributed by atoms with E-state index < -0.39 is 8.80 Å². The minimum Gasteiger partial charge on any atom is -0.394 e. The highest BCUT2D eigenvalue weighted by molar-refractivity contribution is 6.57. The molecule has 0 saturated carbocycles. The molecule has 0 aromatic heterocycles. The summed E-state index contributed by atoms with van der Waals surface area (Å²) in [6, 6.07) is 0.289. The van der Waals surface area contributed by atoms with Crippen molar-refractivity contribution in [2.24, 2.45) is 0 Å². The van der Waals surface area contributed by atoms with Crippen molar-refractivity contribution in [2.45, 2.75) is 128 Å². The Labute approximate surface area is 295 Å². The number of rotatable bonds is 40. The molecule has 0 bridgehead atoms. The van der Waals surface area contributed by atoms with Crippen molar-refractivity contribution < 1.29 is 52.4 Å². The summed E-state index contributed by atoms with van der Waals surface area (Å²) in [5.41, 5.74) is 0. The van der Waals surface area contributed by atoms with E-state index in [1.165, 1.54) is 103 Å². The first-order valence-corrected chi connectivity index (χ1v) is 21.3. The molecule has 0 rings (SSSR count). The topological polar surface area (TPSA) is 136 Å². The summed E-state index contributed by atoms with van der Waals surface area (Å²) >= 11 is 0. The first-order valence-electron chi connectivity index (χ1n) is 19.3. The van der Waals surface area contributed by atoms with Gasteiger partial charge in [-0.05, 0) is 12.8 Å². The molecule has 0 amide bonds. The van der Waals surface area contributed by atoms with Crippen LogP contribution in [0.5, 0.6) is 0 Å². The van der Waals surface area contributed by atoms with Gasteiger partial charge < -0.3 is 52.4 Å². The summed E-state index contributed by atoms with van der Waals surface area (Å²) in [6.07, 6.45) is 22.4. The maximum Gasteiger partial charge on any atom is 0.495 e. The number of nitrogens with zero attached hydrogens (tertiary/aromatic N) is 1. The molecule has 0 heterocycles. The largest absolute Gasteiger partial charge is 0.495 e. The zero-order valence-electron chi connectivity index (χ0n) is 31.4. The van der Waals surface area contributed by atoms with Gasteiger partial charge in [0.05, 0.1) is 106 Å². The number of hydrogen-bond acceptors (Lipinski definition) is 10. The van der Waals surface area contributed by atoms with Crippen LogP contribution in [-0.2, 0) is 28.1 Å². The Hall–Kier alpha value is -0.223. The van der Waals surface area contributed by atoms with Crippen LogP contribution in [0.2, 0.25) is 6.04 Å². The molecule has 11 nitrogen and oxygen atoms in total. The number of aliphatic hydroxyl groups excluding tert-OH is 2. The SMILES string of the molecule is CCCCCCCCCCCCCCCCCC[N+](C)(C)CCC[Si](O)(O)OCCOCCOC(COCCO)COCCOCCO. The van der Waals surface area contributed by atoms with E-state index in [0.29, 0.717) is 33.0 Å². The van der Waals surface area contributed by atoms with Gasteiger partial charge in [0.15, 0.2) is 0 Å². The van der Waals surface area contributed by atoms with Crippen LogP contribution < -0.4 is 0 Å². The van der Waals surface area contributed by atoms with Crippen LogP contribution >= 0.6 is 0 Å². The minimum absolute atomic E-state index is 0.0249. The highest BCUT2D eigenvalue weighted by Gasteiger charge is 2.32. The fraction of sp³-hybridized carbons (Fsp3) is 1.00. The van der Waals surface area contributed by atoms with Gasteiger partial charge in [-0.25, -0.2) is 0 Å². The minimum atomic E-state index is -3.71. The summed E-state index contributed by atoms with van der Waals surface area (Å²) in [5, 5.41) is 17.6. The van der Waals surface area contributed by atoms with Crippen LogP contribution in [0.3, 0.4) is 0 Å². The van der Waals surface area contributed by atoms with Crippen LogP contribution in [0.4, 0.5) is 0 Å². The van der Waals surface area contributed by atoms with E-state index in [-0.39, 0.29) is 58.4 Å². The normalized spacial score (nSPS) is 13.1. The van der Waals surface area contributed by atoms with E-state index in [0.717, 1.165) is 24.0 Å². The number of aliphatic hydroxyl groups is 2. The van der Waals surface area contributed by atoms with Crippen LogP contribution in [0.1, 0.15) is 116 Å². The lowest BCUT2D eigenvalue weighted by Gasteiger charge is -2.30. The highest BCUT2D eigenvalue weighted by Crippen LogP contribution is 2.15. The Morgan fingerprint density at radius 2 is 0.917 bits per heavy atom. The molecular formula is C36H78NO10Si+. The van der Waals surface area contributed by atoms with Crippen molar-refractivity contribution in [2.75, 3.05) is 106 Å². The number of ether oxygens (including phenoxy) is 5. The van der Waals surface area contributed by atoms with Crippen LogP contribution in [0.15, 0.2) is 0 Å². The maximum absolute atomic E-state index is 10.4. The highest BCUT2D eigenvalue weighted by atomic mass is 28.4. The van der Waals surface area contributed by atoms with Crippen LogP contribution in [0, 0.1) is 0 Å². The van der Waals surface area contributed by atoms with E-state index in [4.69, 9.17) is 38.3 Å². The average Bonchev–Trinajstić information content (AvgIpc) is 3.05. The Morgan fingerprint density at radius 1 is 0.500 bits per heavy atom. The molecule has 0 spiro atoms. The molecule has 1 atom stereocenters. The van der Waals surface area contributed by atoms with Gasteiger partial charge >= 0.3 is 8.80 Å². The fourth-order valence-corrected chi connectivity index (χ4v) is 6.75. The summed E-state index contributed by atoms with van der Waals surface area (Å²) in [4.78, 5) is 20.8. The second-order valence-corrected chi connectivity index (χ2v) is 16.0. The summed E-state index contributed by atoms with van der Waals surface area (Å²) in [5.74, 6) is 0. The summed E-state index contributed by atoms with van der Waals surface area (Å²) in [6.45, 7) is 7.01. The van der Waals surface area contributed by atoms with Crippen LogP contribution in [0.25, 0.3) is 0 Å². The number of hydrogen-bond donors (Lipinski definition) is 4. The van der Waals surface area contributed by atoms with Gasteiger partial charge in [-0.15, -0.1) is 0 Å². The molecule has 0 aliphatic carbocycles. The van der Waals surface area contributed by atoms with Crippen LogP contribution in [-0.4, -0.2) is 146 Å². The lowest BCUT2D eigenvalue weighted by atomic mass is 10.0. The number of quaternary nitrogens is 1. The van der Waals surface area contributed by atoms with E-state index in [9.17, 15) is 9.59 Å². The third-order valence-corrected chi connectivity index (χ3v) is 10.1. The lowest BCUT2D eigenvalue weighted by Crippen LogP contribution is -2.44. The molecule has 0 fully saturated rings. The second-order valence-electron chi connectivity index (χ2n) is 13.7. The molecule has 4 N–H and O–H groups in total. The van der Waals surface area contributed by atoms with Gasteiger partial charge in [0.25, 0.3) is 0 Å². The molecule has 0 saturated heterocycles.